The summed E-state index contributed by atoms with van der Waals surface area (Å²) in [6.45, 7) is 0. The number of hydrogen-bond acceptors (Lipinski definition) is 1. The number of rotatable bonds is 3. The van der Waals surface area contributed by atoms with Crippen molar-refractivity contribution < 1.29 is 0 Å². The Labute approximate surface area is 124 Å². The minimum absolute atomic E-state index is 0.165. The number of hydrogen-bond donors (Lipinski definition) is 1. The van der Waals surface area contributed by atoms with Gasteiger partial charge in [0.2, 0.25) is 0 Å². The lowest BCUT2D eigenvalue weighted by Gasteiger charge is -2.19. The molecule has 1 atom stereocenters. The Hall–Kier alpha value is -1.83. The molecular weight excluding hydrogens is 266 g/mol. The van der Waals surface area contributed by atoms with Crippen LogP contribution >= 0.6 is 11.6 Å². The van der Waals surface area contributed by atoms with Gasteiger partial charge in [0.1, 0.15) is 0 Å². The van der Waals surface area contributed by atoms with Crippen LogP contribution in [-0.4, -0.2) is 7.05 Å². The van der Waals surface area contributed by atoms with E-state index < -0.39 is 0 Å². The van der Waals surface area contributed by atoms with Crippen LogP contribution in [0.2, 0.25) is 5.02 Å². The molecule has 3 aromatic rings. The van der Waals surface area contributed by atoms with E-state index in [1.165, 1.54) is 16.5 Å². The Balaban J connectivity index is 2.21. The molecule has 0 aliphatic carbocycles. The smallest absolute Gasteiger partial charge is 0.0580 e. The third-order valence-electron chi connectivity index (χ3n) is 3.64. The first-order valence-corrected chi connectivity index (χ1v) is 7.08. The van der Waals surface area contributed by atoms with Gasteiger partial charge in [0.25, 0.3) is 0 Å². The number of benzene rings is 3. The predicted molar refractivity (Wildman–Crippen MR) is 86.3 cm³/mol. The Kier molecular flexibility index (Phi) is 3.72. The minimum Gasteiger partial charge on any atom is -0.309 e. The van der Waals surface area contributed by atoms with Gasteiger partial charge >= 0.3 is 0 Å². The van der Waals surface area contributed by atoms with Crippen LogP contribution in [0.25, 0.3) is 10.8 Å². The highest BCUT2D eigenvalue weighted by atomic mass is 35.5. The average Bonchev–Trinajstić information content (AvgIpc) is 2.52. The van der Waals surface area contributed by atoms with Gasteiger partial charge in [-0.2, -0.15) is 0 Å². The third kappa shape index (κ3) is 2.31. The van der Waals surface area contributed by atoms with E-state index in [1.807, 2.05) is 25.2 Å². The van der Waals surface area contributed by atoms with Crippen molar-refractivity contribution in [1.29, 1.82) is 0 Å². The molecular formula is C18H16ClN. The summed E-state index contributed by atoms with van der Waals surface area (Å²) in [6.07, 6.45) is 0. The zero-order chi connectivity index (χ0) is 13.9. The molecule has 1 nitrogen and oxygen atoms in total. The fourth-order valence-corrected chi connectivity index (χ4v) is 2.91. The molecule has 1 unspecified atom stereocenters. The summed E-state index contributed by atoms with van der Waals surface area (Å²) in [5, 5.41) is 6.50. The quantitative estimate of drug-likeness (QED) is 0.727. The van der Waals surface area contributed by atoms with Crippen LogP contribution in [-0.2, 0) is 0 Å². The maximum absolute atomic E-state index is 6.30. The zero-order valence-corrected chi connectivity index (χ0v) is 12.1. The van der Waals surface area contributed by atoms with E-state index >= 15 is 0 Å². The van der Waals surface area contributed by atoms with Gasteiger partial charge in [-0.3, -0.25) is 0 Å². The van der Waals surface area contributed by atoms with E-state index in [0.29, 0.717) is 0 Å². The summed E-state index contributed by atoms with van der Waals surface area (Å²) in [5.74, 6) is 0. The van der Waals surface area contributed by atoms with E-state index in [2.05, 4.69) is 53.8 Å². The minimum atomic E-state index is 0.165. The van der Waals surface area contributed by atoms with Crippen LogP contribution < -0.4 is 5.32 Å². The van der Waals surface area contributed by atoms with Crippen LogP contribution in [0.1, 0.15) is 17.2 Å². The Morgan fingerprint density at radius 1 is 0.800 bits per heavy atom. The molecule has 2 heteroatoms. The maximum Gasteiger partial charge on any atom is 0.0580 e. The van der Waals surface area contributed by atoms with Crippen molar-refractivity contribution in [1.82, 2.24) is 5.32 Å². The fourth-order valence-electron chi connectivity index (χ4n) is 2.68. The van der Waals surface area contributed by atoms with Crippen molar-refractivity contribution in [3.8, 4) is 0 Å². The van der Waals surface area contributed by atoms with Crippen LogP contribution in [0.15, 0.2) is 66.7 Å². The van der Waals surface area contributed by atoms with Gasteiger partial charge in [0.15, 0.2) is 0 Å². The molecule has 0 saturated carbocycles. The summed E-state index contributed by atoms with van der Waals surface area (Å²) < 4.78 is 0. The van der Waals surface area contributed by atoms with Gasteiger partial charge in [-0.25, -0.2) is 0 Å². The maximum atomic E-state index is 6.30. The number of fused-ring (bicyclic) bond motifs is 1. The van der Waals surface area contributed by atoms with Gasteiger partial charge in [-0.15, -0.1) is 0 Å². The zero-order valence-electron chi connectivity index (χ0n) is 11.3. The van der Waals surface area contributed by atoms with Gasteiger partial charge in [0, 0.05) is 10.4 Å². The molecule has 0 radical (unpaired) electrons. The second-order valence-corrected chi connectivity index (χ2v) is 5.22. The average molecular weight is 282 g/mol. The molecule has 0 amide bonds. The Bertz CT molecular complexity index is 722. The van der Waals surface area contributed by atoms with Crippen LogP contribution in [0.3, 0.4) is 0 Å². The lowest BCUT2D eigenvalue weighted by Crippen LogP contribution is -2.17. The summed E-state index contributed by atoms with van der Waals surface area (Å²) in [5.41, 5.74) is 2.50. The first kappa shape index (κ1) is 13.2. The van der Waals surface area contributed by atoms with Gasteiger partial charge < -0.3 is 5.32 Å². The SMILES string of the molecule is CNC(c1ccccc1)c1ccc(Cl)c2ccccc12. The Morgan fingerprint density at radius 2 is 1.45 bits per heavy atom. The molecule has 0 saturated heterocycles. The van der Waals surface area contributed by atoms with E-state index in [4.69, 9.17) is 11.6 Å². The summed E-state index contributed by atoms with van der Waals surface area (Å²) >= 11 is 6.30. The van der Waals surface area contributed by atoms with E-state index in [-0.39, 0.29) is 6.04 Å². The van der Waals surface area contributed by atoms with Crippen molar-refractivity contribution >= 4 is 22.4 Å². The molecule has 0 aliphatic rings. The van der Waals surface area contributed by atoms with Crippen molar-refractivity contribution in [2.45, 2.75) is 6.04 Å². The second-order valence-electron chi connectivity index (χ2n) is 4.81. The molecule has 0 bridgehead atoms. The summed E-state index contributed by atoms with van der Waals surface area (Å²) in [7, 11) is 1.99. The molecule has 0 heterocycles. The molecule has 0 aliphatic heterocycles. The molecule has 0 fully saturated rings. The monoisotopic (exact) mass is 281 g/mol. The molecule has 100 valence electrons. The van der Waals surface area contributed by atoms with Crippen molar-refractivity contribution in [2.24, 2.45) is 0 Å². The van der Waals surface area contributed by atoms with E-state index in [1.54, 1.807) is 0 Å². The predicted octanol–water partition coefficient (Wildman–Crippen LogP) is 4.80. The van der Waals surface area contributed by atoms with Crippen LogP contribution in [0.5, 0.6) is 0 Å². The number of nitrogens with one attached hydrogen (secondary N) is 1. The molecule has 3 aromatic carbocycles. The topological polar surface area (TPSA) is 12.0 Å². The van der Waals surface area contributed by atoms with Crippen LogP contribution in [0.4, 0.5) is 0 Å². The summed E-state index contributed by atoms with van der Waals surface area (Å²) in [4.78, 5) is 0. The normalized spacial score (nSPS) is 12.5. The largest absolute Gasteiger partial charge is 0.309 e. The lowest BCUT2D eigenvalue weighted by molar-refractivity contribution is 0.697. The lowest BCUT2D eigenvalue weighted by atomic mass is 9.94. The molecule has 3 rings (SSSR count). The van der Waals surface area contributed by atoms with E-state index in [9.17, 15) is 0 Å². The molecule has 20 heavy (non-hydrogen) atoms. The molecule has 1 N–H and O–H groups in total. The third-order valence-corrected chi connectivity index (χ3v) is 3.97. The first-order valence-electron chi connectivity index (χ1n) is 6.70. The van der Waals surface area contributed by atoms with Gasteiger partial charge in [-0.1, -0.05) is 72.3 Å². The van der Waals surface area contributed by atoms with Crippen molar-refractivity contribution in [2.75, 3.05) is 7.05 Å². The standard InChI is InChI=1S/C18H16ClN/c1-20-18(13-7-3-2-4-8-13)16-11-12-17(19)15-10-6-5-9-14(15)16/h2-12,18,20H,1H3. The summed E-state index contributed by atoms with van der Waals surface area (Å²) in [6, 6.07) is 23.0. The van der Waals surface area contributed by atoms with E-state index in [0.717, 1.165) is 10.4 Å². The van der Waals surface area contributed by atoms with Crippen LogP contribution in [0, 0.1) is 0 Å². The Morgan fingerprint density at radius 3 is 2.15 bits per heavy atom. The fraction of sp³-hybridized carbons (Fsp3) is 0.111. The van der Waals surface area contributed by atoms with Crippen molar-refractivity contribution in [3.63, 3.8) is 0 Å². The first-order chi connectivity index (χ1) is 9.81. The van der Waals surface area contributed by atoms with Crippen molar-refractivity contribution in [3.05, 3.63) is 82.9 Å². The highest BCUT2D eigenvalue weighted by molar-refractivity contribution is 6.35. The number of halogens is 1. The van der Waals surface area contributed by atoms with Gasteiger partial charge in [-0.05, 0) is 29.6 Å². The highest BCUT2D eigenvalue weighted by Crippen LogP contribution is 2.32. The second kappa shape index (κ2) is 5.66. The molecule has 0 spiro atoms. The highest BCUT2D eigenvalue weighted by Gasteiger charge is 2.15. The van der Waals surface area contributed by atoms with Gasteiger partial charge in [0.05, 0.1) is 6.04 Å². The molecule has 0 aromatic heterocycles.